The van der Waals surface area contributed by atoms with Gasteiger partial charge in [0.25, 0.3) is 5.56 Å². The molecule has 1 fully saturated rings. The number of rotatable bonds is 3. The Morgan fingerprint density at radius 1 is 1.11 bits per heavy atom. The molecule has 4 rings (SSSR count). The number of pyridine rings is 1. The molecule has 2 aromatic heterocycles. The third-order valence-corrected chi connectivity index (χ3v) is 4.72. The number of hydrogen-bond donors (Lipinski definition) is 2. The van der Waals surface area contributed by atoms with Crippen LogP contribution in [0, 0.1) is 0 Å². The first-order chi connectivity index (χ1) is 13.7. The van der Waals surface area contributed by atoms with Crippen LogP contribution in [0.25, 0.3) is 22.2 Å². The standard InChI is InChI=1S/C19H20N4O3.C2H6/c1-26-14-4-2-12(3-5-14)17-16-15(6-9-20-18(16)25)21-19(22-17)23-10-7-13(24)8-11-23;1-2/h2-6,9,13,24H,7-8,10-11H2,1H3,(H,20,25);1-2H3. The van der Waals surface area contributed by atoms with E-state index in [1.165, 1.54) is 0 Å². The number of anilines is 1. The molecule has 2 N–H and O–H groups in total. The van der Waals surface area contributed by atoms with E-state index in [-0.39, 0.29) is 11.7 Å². The molecule has 28 heavy (non-hydrogen) atoms. The number of H-pyrrole nitrogens is 1. The lowest BCUT2D eigenvalue weighted by Gasteiger charge is -2.30. The van der Waals surface area contributed by atoms with Crippen molar-refractivity contribution in [2.24, 2.45) is 0 Å². The Kier molecular flexibility index (Phi) is 6.26. The molecule has 3 heterocycles. The first kappa shape index (κ1) is 19.8. The zero-order valence-corrected chi connectivity index (χ0v) is 16.5. The fourth-order valence-electron chi connectivity index (χ4n) is 3.24. The summed E-state index contributed by atoms with van der Waals surface area (Å²) < 4.78 is 5.21. The fourth-order valence-corrected chi connectivity index (χ4v) is 3.24. The minimum Gasteiger partial charge on any atom is -0.497 e. The first-order valence-electron chi connectivity index (χ1n) is 9.62. The largest absolute Gasteiger partial charge is 0.497 e. The molecular weight excluding hydrogens is 356 g/mol. The molecule has 0 unspecified atom stereocenters. The van der Waals surface area contributed by atoms with Crippen LogP contribution in [0.15, 0.2) is 41.3 Å². The van der Waals surface area contributed by atoms with Gasteiger partial charge in [0.15, 0.2) is 0 Å². The lowest BCUT2D eigenvalue weighted by Crippen LogP contribution is -2.37. The van der Waals surface area contributed by atoms with Crippen molar-refractivity contribution in [2.45, 2.75) is 32.8 Å². The molecule has 148 valence electrons. The molecule has 0 aliphatic carbocycles. The number of nitrogens with zero attached hydrogens (tertiary/aromatic N) is 3. The minimum absolute atomic E-state index is 0.214. The van der Waals surface area contributed by atoms with Gasteiger partial charge in [-0.2, -0.15) is 0 Å². The van der Waals surface area contributed by atoms with Crippen LogP contribution in [-0.4, -0.2) is 46.4 Å². The van der Waals surface area contributed by atoms with Gasteiger partial charge in [-0.1, -0.05) is 13.8 Å². The molecule has 0 amide bonds. The lowest BCUT2D eigenvalue weighted by molar-refractivity contribution is 0.145. The highest BCUT2D eigenvalue weighted by Gasteiger charge is 2.21. The Morgan fingerprint density at radius 2 is 1.79 bits per heavy atom. The lowest BCUT2D eigenvalue weighted by atomic mass is 10.1. The van der Waals surface area contributed by atoms with Crippen molar-refractivity contribution in [2.75, 3.05) is 25.1 Å². The topological polar surface area (TPSA) is 91.3 Å². The maximum absolute atomic E-state index is 12.4. The highest BCUT2D eigenvalue weighted by molar-refractivity contribution is 5.92. The second-order valence-electron chi connectivity index (χ2n) is 6.39. The SMILES string of the molecule is CC.COc1ccc(-c2nc(N3CCC(O)CC3)nc3cc[nH]c(=O)c23)cc1. The Bertz CT molecular complexity index is 977. The van der Waals surface area contributed by atoms with Gasteiger partial charge < -0.3 is 19.7 Å². The summed E-state index contributed by atoms with van der Waals surface area (Å²) in [5.41, 5.74) is 1.82. The summed E-state index contributed by atoms with van der Waals surface area (Å²) in [4.78, 5) is 26.5. The molecule has 1 aliphatic heterocycles. The summed E-state index contributed by atoms with van der Waals surface area (Å²) in [6.45, 7) is 5.38. The third kappa shape index (κ3) is 3.99. The summed E-state index contributed by atoms with van der Waals surface area (Å²) in [6, 6.07) is 9.25. The van der Waals surface area contributed by atoms with Crippen LogP contribution < -0.4 is 15.2 Å². The second-order valence-corrected chi connectivity index (χ2v) is 6.39. The molecule has 0 bridgehead atoms. The van der Waals surface area contributed by atoms with Crippen molar-refractivity contribution in [3.8, 4) is 17.0 Å². The molecule has 1 saturated heterocycles. The minimum atomic E-state index is -0.268. The first-order valence-corrected chi connectivity index (χ1v) is 9.62. The summed E-state index contributed by atoms with van der Waals surface area (Å²) in [6.07, 6.45) is 2.71. The number of ether oxygens (including phenoxy) is 1. The van der Waals surface area contributed by atoms with Gasteiger partial charge in [0.2, 0.25) is 5.95 Å². The van der Waals surface area contributed by atoms with Crippen LogP contribution in [0.2, 0.25) is 0 Å². The molecular formula is C21H26N4O3. The van der Waals surface area contributed by atoms with E-state index in [0.717, 1.165) is 11.3 Å². The van der Waals surface area contributed by atoms with E-state index in [4.69, 9.17) is 9.72 Å². The van der Waals surface area contributed by atoms with E-state index in [0.29, 0.717) is 48.5 Å². The number of aliphatic hydroxyl groups excluding tert-OH is 1. The maximum Gasteiger partial charge on any atom is 0.259 e. The second kappa shape index (κ2) is 8.84. The van der Waals surface area contributed by atoms with Crippen LogP contribution in [0.3, 0.4) is 0 Å². The van der Waals surface area contributed by atoms with Gasteiger partial charge in [-0.3, -0.25) is 4.79 Å². The highest BCUT2D eigenvalue weighted by atomic mass is 16.5. The van der Waals surface area contributed by atoms with Gasteiger partial charge in [-0.15, -0.1) is 0 Å². The Balaban J connectivity index is 0.00000109. The van der Waals surface area contributed by atoms with Crippen molar-refractivity contribution < 1.29 is 9.84 Å². The van der Waals surface area contributed by atoms with Crippen LogP contribution in [0.1, 0.15) is 26.7 Å². The molecule has 7 heteroatoms. The number of aliphatic hydroxyl groups is 1. The van der Waals surface area contributed by atoms with Crippen molar-refractivity contribution in [3.05, 3.63) is 46.9 Å². The average molecular weight is 382 g/mol. The Labute approximate surface area is 164 Å². The van der Waals surface area contributed by atoms with Gasteiger partial charge >= 0.3 is 0 Å². The number of nitrogens with one attached hydrogen (secondary N) is 1. The van der Waals surface area contributed by atoms with Crippen molar-refractivity contribution in [1.82, 2.24) is 15.0 Å². The molecule has 0 radical (unpaired) electrons. The van der Waals surface area contributed by atoms with Crippen molar-refractivity contribution in [3.63, 3.8) is 0 Å². The molecule has 0 spiro atoms. The smallest absolute Gasteiger partial charge is 0.259 e. The van der Waals surface area contributed by atoms with E-state index in [9.17, 15) is 9.90 Å². The molecule has 1 aromatic carbocycles. The van der Waals surface area contributed by atoms with Gasteiger partial charge in [0.1, 0.15) is 5.75 Å². The Hall–Kier alpha value is -2.93. The molecule has 1 aliphatic rings. The van der Waals surface area contributed by atoms with E-state index in [1.807, 2.05) is 38.1 Å². The predicted octanol–water partition coefficient (Wildman–Crippen LogP) is 2.98. The predicted molar refractivity (Wildman–Crippen MR) is 111 cm³/mol. The maximum atomic E-state index is 12.4. The number of aromatic amines is 1. The van der Waals surface area contributed by atoms with Crippen LogP contribution in [0.4, 0.5) is 5.95 Å². The highest BCUT2D eigenvalue weighted by Crippen LogP contribution is 2.28. The fraction of sp³-hybridized carbons (Fsp3) is 0.381. The normalized spacial score (nSPS) is 14.5. The van der Waals surface area contributed by atoms with Gasteiger partial charge in [-0.05, 0) is 43.2 Å². The number of fused-ring (bicyclic) bond motifs is 1. The van der Waals surface area contributed by atoms with Gasteiger partial charge in [0.05, 0.1) is 29.8 Å². The van der Waals surface area contributed by atoms with Crippen molar-refractivity contribution >= 4 is 16.9 Å². The monoisotopic (exact) mass is 382 g/mol. The number of hydrogen-bond acceptors (Lipinski definition) is 6. The number of aromatic nitrogens is 3. The zero-order valence-electron chi connectivity index (χ0n) is 16.5. The summed E-state index contributed by atoms with van der Waals surface area (Å²) in [7, 11) is 1.61. The summed E-state index contributed by atoms with van der Waals surface area (Å²) >= 11 is 0. The molecule has 3 aromatic rings. The van der Waals surface area contributed by atoms with Gasteiger partial charge in [-0.25, -0.2) is 9.97 Å². The van der Waals surface area contributed by atoms with E-state index in [2.05, 4.69) is 14.9 Å². The van der Waals surface area contributed by atoms with E-state index in [1.54, 1.807) is 19.4 Å². The molecule has 0 atom stereocenters. The van der Waals surface area contributed by atoms with Crippen molar-refractivity contribution in [1.29, 1.82) is 0 Å². The number of piperidine rings is 1. The third-order valence-electron chi connectivity index (χ3n) is 4.72. The van der Waals surface area contributed by atoms with Crippen LogP contribution in [-0.2, 0) is 0 Å². The van der Waals surface area contributed by atoms with Gasteiger partial charge in [0, 0.05) is 24.8 Å². The molecule has 0 saturated carbocycles. The van der Waals surface area contributed by atoms with Crippen LogP contribution >= 0.6 is 0 Å². The summed E-state index contributed by atoms with van der Waals surface area (Å²) in [5, 5.41) is 10.2. The Morgan fingerprint density at radius 3 is 2.43 bits per heavy atom. The van der Waals surface area contributed by atoms with E-state index < -0.39 is 0 Å². The number of methoxy groups -OCH3 is 1. The molecule has 7 nitrogen and oxygen atoms in total. The average Bonchev–Trinajstić information content (AvgIpc) is 2.75. The number of benzene rings is 1. The van der Waals surface area contributed by atoms with E-state index >= 15 is 0 Å². The quantitative estimate of drug-likeness (QED) is 0.724. The zero-order chi connectivity index (χ0) is 20.1. The summed E-state index contributed by atoms with van der Waals surface area (Å²) in [5.74, 6) is 1.33. The van der Waals surface area contributed by atoms with Crippen LogP contribution in [0.5, 0.6) is 5.75 Å².